The van der Waals surface area contributed by atoms with Gasteiger partial charge in [-0.3, -0.25) is 9.78 Å². The summed E-state index contributed by atoms with van der Waals surface area (Å²) in [7, 11) is -3.76. The Morgan fingerprint density at radius 1 is 1.14 bits per heavy atom. The van der Waals surface area contributed by atoms with Crippen LogP contribution >= 0.6 is 11.3 Å². The molecule has 0 radical (unpaired) electrons. The Hall–Kier alpha value is -2.08. The molecular formula is C25H36N4O5S2. The van der Waals surface area contributed by atoms with E-state index in [0.717, 1.165) is 47.3 Å². The third-order valence-corrected chi connectivity index (χ3v) is 9.82. The minimum Gasteiger partial charge on any atom is -0.463 e. The number of aromatic nitrogens is 2. The van der Waals surface area contributed by atoms with E-state index < -0.39 is 10.0 Å². The van der Waals surface area contributed by atoms with Gasteiger partial charge in [-0.2, -0.15) is 0 Å². The number of hydrogen-bond acceptors (Lipinski definition) is 9. The molecule has 1 saturated carbocycles. The van der Waals surface area contributed by atoms with E-state index in [-0.39, 0.29) is 29.1 Å². The molecule has 1 atom stereocenters. The molecule has 11 heteroatoms. The molecule has 198 valence electrons. The average Bonchev–Trinajstić information content (AvgIpc) is 3.20. The summed E-state index contributed by atoms with van der Waals surface area (Å²) in [5.74, 6) is 0.242. The molecule has 0 amide bonds. The highest BCUT2D eigenvalue weighted by atomic mass is 32.2. The van der Waals surface area contributed by atoms with E-state index in [9.17, 15) is 13.2 Å². The Labute approximate surface area is 217 Å². The molecule has 2 N–H and O–H groups in total. The van der Waals surface area contributed by atoms with Gasteiger partial charge in [-0.15, -0.1) is 0 Å². The highest BCUT2D eigenvalue weighted by Gasteiger charge is 2.29. The van der Waals surface area contributed by atoms with Gasteiger partial charge in [-0.05, 0) is 71.3 Å². The third-order valence-electron chi connectivity index (χ3n) is 7.04. The van der Waals surface area contributed by atoms with Crippen molar-refractivity contribution in [1.29, 1.82) is 0 Å². The maximum atomic E-state index is 13.3. The van der Waals surface area contributed by atoms with Gasteiger partial charge in [0.15, 0.2) is 5.13 Å². The zero-order chi connectivity index (χ0) is 25.9. The Balaban J connectivity index is 1.47. The number of carbonyl (C=O) groups is 1. The Bertz CT molecular complexity index is 1170. The van der Waals surface area contributed by atoms with E-state index in [0.29, 0.717) is 37.3 Å². The largest absolute Gasteiger partial charge is 0.463 e. The first-order valence-electron chi connectivity index (χ1n) is 12.6. The number of sulfonamides is 1. The molecule has 36 heavy (non-hydrogen) atoms. The molecule has 0 aromatic carbocycles. The first-order chi connectivity index (χ1) is 17.1. The van der Waals surface area contributed by atoms with E-state index in [1.165, 1.54) is 18.3 Å². The molecule has 2 fully saturated rings. The molecular weight excluding hydrogens is 500 g/mol. The fourth-order valence-corrected chi connectivity index (χ4v) is 7.55. The zero-order valence-electron chi connectivity index (χ0n) is 21.4. The molecule has 4 rings (SSSR count). The Morgan fingerprint density at radius 3 is 2.50 bits per heavy atom. The summed E-state index contributed by atoms with van der Waals surface area (Å²) in [6.45, 7) is 8.81. The topological polar surface area (TPSA) is 120 Å². The molecule has 0 spiro atoms. The summed E-state index contributed by atoms with van der Waals surface area (Å²) in [5.41, 5.74) is 2.03. The quantitative estimate of drug-likeness (QED) is 0.482. The second-order valence-electron chi connectivity index (χ2n) is 9.83. The second kappa shape index (κ2) is 11.5. The van der Waals surface area contributed by atoms with Crippen molar-refractivity contribution in [2.75, 3.05) is 18.5 Å². The van der Waals surface area contributed by atoms with Crippen LogP contribution in [0.15, 0.2) is 17.2 Å². The lowest BCUT2D eigenvalue weighted by Crippen LogP contribution is -2.39. The summed E-state index contributed by atoms with van der Waals surface area (Å²) in [6.07, 6.45) is 6.18. The van der Waals surface area contributed by atoms with Gasteiger partial charge in [0.05, 0.1) is 16.3 Å². The van der Waals surface area contributed by atoms with Gasteiger partial charge in [-0.25, -0.2) is 18.1 Å². The lowest BCUT2D eigenvalue weighted by molar-refractivity contribution is -0.147. The van der Waals surface area contributed by atoms with Crippen molar-refractivity contribution in [3.8, 4) is 10.4 Å². The predicted molar refractivity (Wildman–Crippen MR) is 140 cm³/mol. The summed E-state index contributed by atoms with van der Waals surface area (Å²) in [6, 6.07) is 1.78. The second-order valence-corrected chi connectivity index (χ2v) is 12.5. The minimum atomic E-state index is -3.76. The SMILES string of the molecule is CC(=O)OC1CCC(NS(=O)(=O)c2cc(-c3sc(NC(C)C4CCOCC4)nc3C)cnc2C)CC1. The standard InChI is InChI=1S/C25H36N4O5S2/c1-15(19-9-11-33-12-10-19)27-25-28-17(3)24(35-25)20-13-23(16(2)26-14-20)36(31,32)29-21-5-7-22(8-6-21)34-18(4)30/h13-15,19,21-22,29H,5-12H2,1-4H3,(H,27,28). The number of thiazole rings is 1. The van der Waals surface area contributed by atoms with Crippen molar-refractivity contribution in [1.82, 2.24) is 14.7 Å². The first-order valence-corrected chi connectivity index (χ1v) is 14.9. The van der Waals surface area contributed by atoms with Crippen LogP contribution in [0.3, 0.4) is 0 Å². The minimum absolute atomic E-state index is 0.138. The molecule has 1 unspecified atom stereocenters. The number of nitrogens with zero attached hydrogens (tertiary/aromatic N) is 2. The number of ether oxygens (including phenoxy) is 2. The lowest BCUT2D eigenvalue weighted by atomic mass is 9.93. The average molecular weight is 537 g/mol. The number of hydrogen-bond donors (Lipinski definition) is 2. The zero-order valence-corrected chi connectivity index (χ0v) is 23.0. The van der Waals surface area contributed by atoms with Crippen molar-refractivity contribution in [2.24, 2.45) is 5.92 Å². The monoisotopic (exact) mass is 536 g/mol. The van der Waals surface area contributed by atoms with Gasteiger partial charge in [0, 0.05) is 44.0 Å². The van der Waals surface area contributed by atoms with E-state index >= 15 is 0 Å². The first kappa shape index (κ1) is 27.0. The summed E-state index contributed by atoms with van der Waals surface area (Å²) in [5, 5.41) is 4.37. The molecule has 2 aromatic rings. The molecule has 2 aliphatic rings. The van der Waals surface area contributed by atoms with Crippen LogP contribution < -0.4 is 10.0 Å². The Kier molecular flexibility index (Phi) is 8.64. The van der Waals surface area contributed by atoms with Crippen LogP contribution in [0, 0.1) is 19.8 Å². The third kappa shape index (κ3) is 6.62. The molecule has 1 saturated heterocycles. The van der Waals surface area contributed by atoms with Gasteiger partial charge < -0.3 is 14.8 Å². The van der Waals surface area contributed by atoms with Crippen LogP contribution in [0.1, 0.15) is 63.8 Å². The predicted octanol–water partition coefficient (Wildman–Crippen LogP) is 4.20. The maximum absolute atomic E-state index is 13.3. The van der Waals surface area contributed by atoms with Crippen LogP contribution in [-0.4, -0.2) is 55.8 Å². The summed E-state index contributed by atoms with van der Waals surface area (Å²) >= 11 is 1.52. The van der Waals surface area contributed by atoms with Gasteiger partial charge in [0.2, 0.25) is 10.0 Å². The number of pyridine rings is 1. The summed E-state index contributed by atoms with van der Waals surface area (Å²) < 4.78 is 40.2. The van der Waals surface area contributed by atoms with Gasteiger partial charge in [-0.1, -0.05) is 11.3 Å². The van der Waals surface area contributed by atoms with Crippen molar-refractivity contribution in [3.05, 3.63) is 23.7 Å². The van der Waals surface area contributed by atoms with E-state index in [1.54, 1.807) is 19.2 Å². The molecule has 1 aliphatic carbocycles. The van der Waals surface area contributed by atoms with Crippen molar-refractivity contribution in [2.45, 2.75) is 89.3 Å². The van der Waals surface area contributed by atoms with Crippen LogP contribution in [0.4, 0.5) is 5.13 Å². The van der Waals surface area contributed by atoms with E-state index in [1.807, 2.05) is 6.92 Å². The smallest absolute Gasteiger partial charge is 0.302 e. The fourth-order valence-electron chi connectivity index (χ4n) is 4.98. The molecule has 2 aromatic heterocycles. The number of carbonyl (C=O) groups excluding carboxylic acids is 1. The van der Waals surface area contributed by atoms with Crippen LogP contribution in [-0.2, 0) is 24.3 Å². The Morgan fingerprint density at radius 2 is 1.83 bits per heavy atom. The number of nitrogens with one attached hydrogen (secondary N) is 2. The molecule has 9 nitrogen and oxygen atoms in total. The molecule has 1 aliphatic heterocycles. The molecule has 3 heterocycles. The van der Waals surface area contributed by atoms with Crippen molar-refractivity contribution >= 4 is 32.5 Å². The number of aryl methyl sites for hydroxylation is 2. The summed E-state index contributed by atoms with van der Waals surface area (Å²) in [4.78, 5) is 21.4. The highest BCUT2D eigenvalue weighted by Crippen LogP contribution is 2.35. The van der Waals surface area contributed by atoms with Crippen LogP contribution in [0.2, 0.25) is 0 Å². The van der Waals surface area contributed by atoms with Gasteiger partial charge >= 0.3 is 5.97 Å². The number of rotatable bonds is 8. The van der Waals surface area contributed by atoms with Crippen LogP contribution in [0.25, 0.3) is 10.4 Å². The normalized spacial score (nSPS) is 22.2. The molecule has 0 bridgehead atoms. The van der Waals surface area contributed by atoms with E-state index in [2.05, 4.69) is 21.9 Å². The van der Waals surface area contributed by atoms with Crippen molar-refractivity contribution < 1.29 is 22.7 Å². The number of anilines is 1. The van der Waals surface area contributed by atoms with Crippen molar-refractivity contribution in [3.63, 3.8) is 0 Å². The fraction of sp³-hybridized carbons (Fsp3) is 0.640. The van der Waals surface area contributed by atoms with Crippen LogP contribution in [0.5, 0.6) is 0 Å². The van der Waals surface area contributed by atoms with E-state index in [4.69, 9.17) is 14.5 Å². The number of esters is 1. The van der Waals surface area contributed by atoms with Gasteiger partial charge in [0.1, 0.15) is 11.0 Å². The van der Waals surface area contributed by atoms with Gasteiger partial charge in [0.25, 0.3) is 0 Å². The lowest BCUT2D eigenvalue weighted by Gasteiger charge is -2.28. The highest BCUT2D eigenvalue weighted by molar-refractivity contribution is 7.89. The maximum Gasteiger partial charge on any atom is 0.302 e.